The summed E-state index contributed by atoms with van der Waals surface area (Å²) in [6.45, 7) is 2.42. The normalized spacial score (nSPS) is 17.4. The molecule has 0 fully saturated rings. The van der Waals surface area contributed by atoms with Crippen LogP contribution in [-0.4, -0.2) is 41.9 Å². The monoisotopic (exact) mass is 401 g/mol. The van der Waals surface area contributed by atoms with Gasteiger partial charge in [-0.25, -0.2) is 14.4 Å². The van der Waals surface area contributed by atoms with Gasteiger partial charge in [-0.3, -0.25) is 0 Å². The van der Waals surface area contributed by atoms with Gasteiger partial charge in [0.25, 0.3) is 0 Å². The van der Waals surface area contributed by atoms with Crippen LogP contribution in [-0.2, 0) is 6.42 Å². The van der Waals surface area contributed by atoms with E-state index < -0.39 is 5.82 Å². The minimum absolute atomic E-state index is 0.140. The highest BCUT2D eigenvalue weighted by Crippen LogP contribution is 2.41. The fourth-order valence-electron chi connectivity index (χ4n) is 3.62. The van der Waals surface area contributed by atoms with E-state index in [4.69, 9.17) is 15.6 Å². The van der Waals surface area contributed by atoms with Crippen LogP contribution in [0.4, 0.5) is 21.7 Å². The van der Waals surface area contributed by atoms with E-state index in [1.165, 1.54) is 0 Å². The zero-order valence-electron chi connectivity index (χ0n) is 17.1. The zero-order chi connectivity index (χ0) is 21.0. The summed E-state index contributed by atoms with van der Waals surface area (Å²) < 4.78 is 21.2. The van der Waals surface area contributed by atoms with E-state index in [1.54, 1.807) is 0 Å². The number of ether oxygens (including phenoxy) is 1. The fraction of sp³-hybridized carbons (Fsp3) is 0.429. The number of nitrogens with zero attached hydrogens (tertiary/aromatic N) is 2. The number of anilines is 3. The Morgan fingerprint density at radius 3 is 2.72 bits per heavy atom. The topological polar surface area (TPSA) is 105 Å². The lowest BCUT2D eigenvalue weighted by atomic mass is 9.90. The second-order valence-electron chi connectivity index (χ2n) is 7.04. The molecular formula is C21H28FN5O2. The first-order valence-corrected chi connectivity index (χ1v) is 9.73. The molecule has 156 valence electrons. The second kappa shape index (κ2) is 9.19. The van der Waals surface area contributed by atoms with Crippen LogP contribution in [0, 0.1) is 12.7 Å². The Bertz CT molecular complexity index is 916. The lowest BCUT2D eigenvalue weighted by Crippen LogP contribution is -2.21. The van der Waals surface area contributed by atoms with E-state index in [1.807, 2.05) is 32.2 Å². The number of aliphatic hydroxyl groups is 1. The van der Waals surface area contributed by atoms with Gasteiger partial charge < -0.3 is 26.2 Å². The molecule has 1 aliphatic heterocycles. The summed E-state index contributed by atoms with van der Waals surface area (Å²) in [6, 6.07) is 3.89. The van der Waals surface area contributed by atoms with Crippen molar-refractivity contribution < 1.29 is 14.2 Å². The van der Waals surface area contributed by atoms with Crippen LogP contribution in [0.15, 0.2) is 18.2 Å². The average molecular weight is 401 g/mol. The molecule has 0 amide bonds. The van der Waals surface area contributed by atoms with E-state index >= 15 is 4.39 Å². The lowest BCUT2D eigenvalue weighted by Gasteiger charge is -2.21. The number of nitrogens with two attached hydrogens (primary N) is 1. The van der Waals surface area contributed by atoms with E-state index in [-0.39, 0.29) is 11.9 Å². The first-order chi connectivity index (χ1) is 14.0. The van der Waals surface area contributed by atoms with E-state index in [0.717, 1.165) is 49.0 Å². The summed E-state index contributed by atoms with van der Waals surface area (Å²) in [4.78, 5) is 8.92. The van der Waals surface area contributed by atoms with Crippen molar-refractivity contribution in [2.45, 2.75) is 38.6 Å². The molecule has 1 aliphatic carbocycles. The number of pyridine rings is 2. The van der Waals surface area contributed by atoms with E-state index in [2.05, 4.69) is 20.6 Å². The fourth-order valence-corrected chi connectivity index (χ4v) is 3.62. The molecule has 3 heterocycles. The predicted octanol–water partition coefficient (Wildman–Crippen LogP) is 3.15. The van der Waals surface area contributed by atoms with Crippen LogP contribution < -0.4 is 21.1 Å². The van der Waals surface area contributed by atoms with Gasteiger partial charge in [-0.15, -0.1) is 0 Å². The van der Waals surface area contributed by atoms with E-state index in [0.29, 0.717) is 30.2 Å². The summed E-state index contributed by atoms with van der Waals surface area (Å²) >= 11 is 0. The molecule has 0 spiro atoms. The third kappa shape index (κ3) is 4.49. The SMILES string of the molecule is CNc1cc(C)nc(Nc2nc3c(c(C4=CCC(N)CC4)c2F)OCC3)c1.CO. The van der Waals surface area contributed by atoms with Crippen LogP contribution >= 0.6 is 0 Å². The summed E-state index contributed by atoms with van der Waals surface area (Å²) in [7, 11) is 2.84. The standard InChI is InChI=1S/C20H24FN5O.CH4O/c1-11-9-14(23-2)10-16(24-11)26-20-18(21)17(12-3-5-13(22)6-4-12)19-15(25-20)7-8-27-19;1-2/h3,9-10,13H,4-8,22H2,1-2H3,(H2,23,24,25,26);2H,1H3. The predicted molar refractivity (Wildman–Crippen MR) is 113 cm³/mol. The van der Waals surface area contributed by atoms with Crippen molar-refractivity contribution in [1.82, 2.24) is 9.97 Å². The Morgan fingerprint density at radius 2 is 2.03 bits per heavy atom. The third-order valence-electron chi connectivity index (χ3n) is 5.01. The first-order valence-electron chi connectivity index (χ1n) is 9.73. The number of fused-ring (bicyclic) bond motifs is 1. The molecule has 1 atom stereocenters. The summed E-state index contributed by atoms with van der Waals surface area (Å²) in [5.41, 5.74) is 9.98. The largest absolute Gasteiger partial charge is 0.491 e. The minimum Gasteiger partial charge on any atom is -0.491 e. The number of aromatic nitrogens is 2. The van der Waals surface area contributed by atoms with Crippen molar-refractivity contribution in [2.75, 3.05) is 31.4 Å². The van der Waals surface area contributed by atoms with Crippen LogP contribution in [0.25, 0.3) is 5.57 Å². The zero-order valence-corrected chi connectivity index (χ0v) is 17.1. The Morgan fingerprint density at radius 1 is 1.24 bits per heavy atom. The molecule has 29 heavy (non-hydrogen) atoms. The van der Waals surface area contributed by atoms with Crippen molar-refractivity contribution >= 4 is 22.9 Å². The van der Waals surface area contributed by atoms with Gasteiger partial charge in [0.2, 0.25) is 0 Å². The van der Waals surface area contributed by atoms with Crippen LogP contribution in [0.2, 0.25) is 0 Å². The number of allylic oxidation sites excluding steroid dienone is 1. The third-order valence-corrected chi connectivity index (χ3v) is 5.01. The molecule has 2 aromatic heterocycles. The molecule has 0 bridgehead atoms. The molecule has 5 N–H and O–H groups in total. The van der Waals surface area contributed by atoms with Gasteiger partial charge in [-0.05, 0) is 37.8 Å². The van der Waals surface area contributed by atoms with Crippen molar-refractivity contribution in [3.05, 3.63) is 41.0 Å². The first kappa shape index (κ1) is 21.0. The number of aryl methyl sites for hydroxylation is 1. The highest BCUT2D eigenvalue weighted by molar-refractivity contribution is 5.76. The highest BCUT2D eigenvalue weighted by atomic mass is 19.1. The minimum atomic E-state index is -0.397. The Kier molecular flexibility index (Phi) is 6.66. The van der Waals surface area contributed by atoms with Gasteiger partial charge in [-0.1, -0.05) is 6.08 Å². The van der Waals surface area contributed by atoms with Crippen LogP contribution in [0.3, 0.4) is 0 Å². The number of hydrogen-bond acceptors (Lipinski definition) is 7. The number of nitrogens with one attached hydrogen (secondary N) is 2. The van der Waals surface area contributed by atoms with Crippen molar-refractivity contribution in [3.63, 3.8) is 0 Å². The smallest absolute Gasteiger partial charge is 0.177 e. The molecule has 2 aromatic rings. The molecule has 1 unspecified atom stereocenters. The quantitative estimate of drug-likeness (QED) is 0.624. The number of aliphatic hydroxyl groups excluding tert-OH is 1. The Balaban J connectivity index is 0.00000117. The highest BCUT2D eigenvalue weighted by Gasteiger charge is 2.28. The van der Waals surface area contributed by atoms with E-state index in [9.17, 15) is 0 Å². The molecule has 2 aliphatic rings. The van der Waals surface area contributed by atoms with Gasteiger partial charge >= 0.3 is 0 Å². The number of halogens is 1. The van der Waals surface area contributed by atoms with Crippen LogP contribution in [0.1, 0.15) is 36.2 Å². The van der Waals surface area contributed by atoms with Crippen LogP contribution in [0.5, 0.6) is 5.75 Å². The Labute approximate surface area is 170 Å². The molecular weight excluding hydrogens is 373 g/mol. The molecule has 4 rings (SSSR count). The second-order valence-corrected chi connectivity index (χ2v) is 7.04. The average Bonchev–Trinajstić information content (AvgIpc) is 3.18. The van der Waals surface area contributed by atoms with Gasteiger partial charge in [0.05, 0.1) is 17.9 Å². The molecule has 8 heteroatoms. The molecule has 0 saturated heterocycles. The van der Waals surface area contributed by atoms with Gasteiger partial charge in [0.1, 0.15) is 5.82 Å². The molecule has 7 nitrogen and oxygen atoms in total. The van der Waals surface area contributed by atoms with Gasteiger partial charge in [0.15, 0.2) is 17.4 Å². The number of rotatable bonds is 4. The summed E-state index contributed by atoms with van der Waals surface area (Å²) in [6.07, 6.45) is 5.04. The van der Waals surface area contributed by atoms with Gasteiger partial charge in [-0.2, -0.15) is 0 Å². The van der Waals surface area contributed by atoms with Crippen molar-refractivity contribution in [1.29, 1.82) is 0 Å². The maximum Gasteiger partial charge on any atom is 0.177 e. The van der Waals surface area contributed by atoms with Crippen molar-refractivity contribution in [3.8, 4) is 5.75 Å². The summed E-state index contributed by atoms with van der Waals surface area (Å²) in [5.74, 6) is 0.917. The lowest BCUT2D eigenvalue weighted by molar-refractivity contribution is 0.354. The molecule has 0 aromatic carbocycles. The Hall–Kier alpha value is -2.71. The summed E-state index contributed by atoms with van der Waals surface area (Å²) in [5, 5.41) is 13.1. The maximum atomic E-state index is 15.5. The maximum absolute atomic E-state index is 15.5. The molecule has 0 saturated carbocycles. The molecule has 0 radical (unpaired) electrons. The van der Waals surface area contributed by atoms with Gasteiger partial charge in [0, 0.05) is 44.1 Å². The number of hydrogen-bond donors (Lipinski definition) is 4. The van der Waals surface area contributed by atoms with Crippen molar-refractivity contribution in [2.24, 2.45) is 5.73 Å².